The van der Waals surface area contributed by atoms with Crippen molar-refractivity contribution in [2.75, 3.05) is 6.79 Å². The molecule has 0 aliphatic carbocycles. The zero-order valence-electron chi connectivity index (χ0n) is 10.5. The summed E-state index contributed by atoms with van der Waals surface area (Å²) in [6, 6.07) is 13.4. The topological polar surface area (TPSA) is 42.2 Å². The fourth-order valence-electron chi connectivity index (χ4n) is 2.01. The molecule has 1 aliphatic rings. The van der Waals surface area contributed by atoms with Gasteiger partial charge < -0.3 is 9.47 Å². The molecule has 20 heavy (non-hydrogen) atoms. The Balaban J connectivity index is 1.99. The van der Waals surface area contributed by atoms with E-state index in [9.17, 15) is 9.65 Å². The van der Waals surface area contributed by atoms with Gasteiger partial charge in [0.2, 0.25) is 6.79 Å². The maximum atomic E-state index is 13.2. The number of benzene rings is 2. The fraction of sp³-hybridized carbons (Fsp3) is 0.0625. The Morgan fingerprint density at radius 2 is 2.00 bits per heavy atom. The maximum absolute atomic E-state index is 13.2. The number of ether oxygens (including phenoxy) is 2. The molecule has 0 saturated heterocycles. The van der Waals surface area contributed by atoms with Crippen molar-refractivity contribution in [3.05, 3.63) is 59.4 Å². The molecule has 0 saturated carbocycles. The first-order valence-electron chi connectivity index (χ1n) is 6.03. The van der Waals surface area contributed by atoms with Crippen LogP contribution in [-0.2, 0) is 0 Å². The van der Waals surface area contributed by atoms with Crippen LogP contribution in [0.5, 0.6) is 11.5 Å². The van der Waals surface area contributed by atoms with Crippen molar-refractivity contribution in [1.82, 2.24) is 0 Å². The lowest BCUT2D eigenvalue weighted by Crippen LogP contribution is -1.92. The Kier molecular flexibility index (Phi) is 3.10. The molecule has 0 fully saturated rings. The minimum atomic E-state index is -0.366. The van der Waals surface area contributed by atoms with E-state index in [0.29, 0.717) is 22.6 Å². The summed E-state index contributed by atoms with van der Waals surface area (Å²) in [5.41, 5.74) is 1.74. The number of rotatable bonds is 2. The van der Waals surface area contributed by atoms with E-state index < -0.39 is 0 Å². The van der Waals surface area contributed by atoms with Crippen molar-refractivity contribution < 1.29 is 13.9 Å². The van der Waals surface area contributed by atoms with Gasteiger partial charge in [0.25, 0.3) is 0 Å². The second kappa shape index (κ2) is 5.06. The SMILES string of the molecule is N#C/C(=C\c1ccc2c(c1)OCO2)c1cccc(F)c1. The standard InChI is InChI=1S/C16H10FNO2/c17-14-3-1-2-12(8-14)13(9-18)6-11-4-5-15-16(7-11)20-10-19-15/h1-8H,10H2/b13-6+. The summed E-state index contributed by atoms with van der Waals surface area (Å²) < 4.78 is 23.7. The van der Waals surface area contributed by atoms with Crippen LogP contribution in [0.3, 0.4) is 0 Å². The number of fused-ring (bicyclic) bond motifs is 1. The van der Waals surface area contributed by atoms with E-state index in [1.54, 1.807) is 30.3 Å². The number of hydrogen-bond acceptors (Lipinski definition) is 3. The monoisotopic (exact) mass is 267 g/mol. The van der Waals surface area contributed by atoms with E-state index in [0.717, 1.165) is 5.56 Å². The van der Waals surface area contributed by atoms with Crippen LogP contribution in [0, 0.1) is 17.1 Å². The fourth-order valence-corrected chi connectivity index (χ4v) is 2.01. The normalized spacial score (nSPS) is 13.1. The van der Waals surface area contributed by atoms with Gasteiger partial charge in [0, 0.05) is 0 Å². The molecule has 0 spiro atoms. The summed E-state index contributed by atoms with van der Waals surface area (Å²) in [5, 5.41) is 9.23. The average Bonchev–Trinajstić information content (AvgIpc) is 2.92. The van der Waals surface area contributed by atoms with Crippen molar-refractivity contribution in [3.8, 4) is 17.6 Å². The molecule has 0 atom stereocenters. The Morgan fingerprint density at radius 1 is 1.15 bits per heavy atom. The third-order valence-electron chi connectivity index (χ3n) is 2.96. The molecule has 0 radical (unpaired) electrons. The molecule has 2 aromatic rings. The molecular formula is C16H10FNO2. The van der Waals surface area contributed by atoms with Crippen LogP contribution in [0.1, 0.15) is 11.1 Å². The molecule has 1 aliphatic heterocycles. The molecule has 98 valence electrons. The molecule has 0 bridgehead atoms. The Hall–Kier alpha value is -2.80. The molecule has 0 amide bonds. The van der Waals surface area contributed by atoms with Gasteiger partial charge in [-0.05, 0) is 41.5 Å². The molecule has 1 heterocycles. The second-order valence-corrected chi connectivity index (χ2v) is 4.29. The first-order chi connectivity index (χ1) is 9.76. The van der Waals surface area contributed by atoms with Gasteiger partial charge in [-0.1, -0.05) is 18.2 Å². The van der Waals surface area contributed by atoms with Crippen LogP contribution in [0.2, 0.25) is 0 Å². The highest BCUT2D eigenvalue weighted by molar-refractivity contribution is 5.89. The van der Waals surface area contributed by atoms with Crippen molar-refractivity contribution in [3.63, 3.8) is 0 Å². The quantitative estimate of drug-likeness (QED) is 0.616. The Bertz CT molecular complexity index is 731. The highest BCUT2D eigenvalue weighted by atomic mass is 19.1. The first kappa shape index (κ1) is 12.2. The van der Waals surface area contributed by atoms with E-state index in [1.165, 1.54) is 12.1 Å². The van der Waals surface area contributed by atoms with Crippen molar-refractivity contribution >= 4 is 11.6 Å². The molecule has 4 heteroatoms. The summed E-state index contributed by atoms with van der Waals surface area (Å²) in [6.07, 6.45) is 1.69. The molecule has 3 rings (SSSR count). The molecule has 2 aromatic carbocycles. The minimum absolute atomic E-state index is 0.206. The van der Waals surface area contributed by atoms with Crippen LogP contribution >= 0.6 is 0 Å². The van der Waals surface area contributed by atoms with Crippen molar-refractivity contribution in [2.45, 2.75) is 0 Å². The lowest BCUT2D eigenvalue weighted by Gasteiger charge is -2.01. The van der Waals surface area contributed by atoms with E-state index in [4.69, 9.17) is 9.47 Å². The van der Waals surface area contributed by atoms with Crippen LogP contribution in [0.15, 0.2) is 42.5 Å². The van der Waals surface area contributed by atoms with E-state index in [1.807, 2.05) is 6.07 Å². The van der Waals surface area contributed by atoms with E-state index in [2.05, 4.69) is 6.07 Å². The highest BCUT2D eigenvalue weighted by Gasteiger charge is 2.13. The zero-order valence-corrected chi connectivity index (χ0v) is 10.5. The Labute approximate surface area is 115 Å². The number of allylic oxidation sites excluding steroid dienone is 1. The summed E-state index contributed by atoms with van der Waals surface area (Å²) in [4.78, 5) is 0. The third kappa shape index (κ3) is 2.34. The average molecular weight is 267 g/mol. The van der Waals surface area contributed by atoms with Gasteiger partial charge >= 0.3 is 0 Å². The van der Waals surface area contributed by atoms with E-state index >= 15 is 0 Å². The molecular weight excluding hydrogens is 257 g/mol. The summed E-state index contributed by atoms with van der Waals surface area (Å²) >= 11 is 0. The third-order valence-corrected chi connectivity index (χ3v) is 2.96. The van der Waals surface area contributed by atoms with Gasteiger partial charge in [0.15, 0.2) is 11.5 Å². The van der Waals surface area contributed by atoms with Crippen LogP contribution < -0.4 is 9.47 Å². The van der Waals surface area contributed by atoms with Gasteiger partial charge in [0.1, 0.15) is 5.82 Å². The van der Waals surface area contributed by atoms with Gasteiger partial charge in [-0.2, -0.15) is 5.26 Å². The predicted octanol–water partition coefficient (Wildman–Crippen LogP) is 3.62. The molecule has 0 aromatic heterocycles. The molecule has 0 unspecified atom stereocenters. The maximum Gasteiger partial charge on any atom is 0.231 e. The number of halogens is 1. The van der Waals surface area contributed by atoms with Crippen molar-refractivity contribution in [2.24, 2.45) is 0 Å². The lowest BCUT2D eigenvalue weighted by atomic mass is 10.0. The summed E-state index contributed by atoms with van der Waals surface area (Å²) in [6.45, 7) is 0.206. The highest BCUT2D eigenvalue weighted by Crippen LogP contribution is 2.33. The predicted molar refractivity (Wildman–Crippen MR) is 72.4 cm³/mol. The smallest absolute Gasteiger partial charge is 0.231 e. The van der Waals surface area contributed by atoms with Gasteiger partial charge in [0.05, 0.1) is 11.6 Å². The summed E-state index contributed by atoms with van der Waals surface area (Å²) in [7, 11) is 0. The van der Waals surface area contributed by atoms with Crippen LogP contribution in [-0.4, -0.2) is 6.79 Å². The molecule has 0 N–H and O–H groups in total. The zero-order chi connectivity index (χ0) is 13.9. The number of hydrogen-bond donors (Lipinski definition) is 0. The van der Waals surface area contributed by atoms with Gasteiger partial charge in [-0.15, -0.1) is 0 Å². The second-order valence-electron chi connectivity index (χ2n) is 4.29. The van der Waals surface area contributed by atoms with Crippen LogP contribution in [0.4, 0.5) is 4.39 Å². The molecule has 3 nitrogen and oxygen atoms in total. The Morgan fingerprint density at radius 3 is 2.80 bits per heavy atom. The van der Waals surface area contributed by atoms with Gasteiger partial charge in [-0.3, -0.25) is 0 Å². The largest absolute Gasteiger partial charge is 0.454 e. The first-order valence-corrected chi connectivity index (χ1v) is 6.03. The number of nitriles is 1. The lowest BCUT2D eigenvalue weighted by molar-refractivity contribution is 0.174. The van der Waals surface area contributed by atoms with E-state index in [-0.39, 0.29) is 12.6 Å². The van der Waals surface area contributed by atoms with Gasteiger partial charge in [-0.25, -0.2) is 4.39 Å². The number of nitrogens with zero attached hydrogens (tertiary/aromatic N) is 1. The minimum Gasteiger partial charge on any atom is -0.454 e. The van der Waals surface area contributed by atoms with Crippen LogP contribution in [0.25, 0.3) is 11.6 Å². The van der Waals surface area contributed by atoms with Crippen molar-refractivity contribution in [1.29, 1.82) is 5.26 Å². The summed E-state index contributed by atoms with van der Waals surface area (Å²) in [5.74, 6) is 0.969.